The van der Waals surface area contributed by atoms with E-state index in [0.717, 1.165) is 12.8 Å². The number of fused-ring (bicyclic) bond motifs is 1. The van der Waals surface area contributed by atoms with Gasteiger partial charge in [0.05, 0.1) is 13.0 Å². The molecule has 5 heteroatoms. The zero-order valence-electron chi connectivity index (χ0n) is 11.4. The van der Waals surface area contributed by atoms with E-state index in [1.165, 1.54) is 7.11 Å². The molecule has 1 N–H and O–H groups in total. The van der Waals surface area contributed by atoms with Gasteiger partial charge in [-0.3, -0.25) is 4.79 Å². The third kappa shape index (κ3) is 2.60. The smallest absolute Gasteiger partial charge is 0.407 e. The van der Waals surface area contributed by atoms with E-state index in [2.05, 4.69) is 5.32 Å². The van der Waals surface area contributed by atoms with Gasteiger partial charge in [0.1, 0.15) is 5.60 Å². The van der Waals surface area contributed by atoms with Gasteiger partial charge in [-0.25, -0.2) is 4.79 Å². The molecule has 0 aliphatic heterocycles. The van der Waals surface area contributed by atoms with Crippen LogP contribution in [0, 0.1) is 17.8 Å². The number of alkyl carbamates (subject to hydrolysis) is 1. The van der Waals surface area contributed by atoms with Crippen molar-refractivity contribution >= 4 is 12.1 Å². The fraction of sp³-hybridized carbons (Fsp3) is 0.846. The summed E-state index contributed by atoms with van der Waals surface area (Å²) in [6.07, 6.45) is 1.45. The van der Waals surface area contributed by atoms with Gasteiger partial charge in [-0.1, -0.05) is 0 Å². The predicted molar refractivity (Wildman–Crippen MR) is 64.9 cm³/mol. The van der Waals surface area contributed by atoms with E-state index in [4.69, 9.17) is 9.47 Å². The fourth-order valence-corrected chi connectivity index (χ4v) is 2.96. The van der Waals surface area contributed by atoms with Crippen LogP contribution in [-0.2, 0) is 14.3 Å². The van der Waals surface area contributed by atoms with E-state index in [1.54, 1.807) is 0 Å². The van der Waals surface area contributed by atoms with Gasteiger partial charge >= 0.3 is 12.1 Å². The van der Waals surface area contributed by atoms with Gasteiger partial charge in [0.25, 0.3) is 0 Å². The minimum absolute atomic E-state index is 0.0556. The fourth-order valence-electron chi connectivity index (χ4n) is 2.96. The Hall–Kier alpha value is -1.26. The molecule has 0 bridgehead atoms. The van der Waals surface area contributed by atoms with E-state index < -0.39 is 11.7 Å². The summed E-state index contributed by atoms with van der Waals surface area (Å²) < 4.78 is 9.99. The van der Waals surface area contributed by atoms with Crippen LogP contribution in [0.4, 0.5) is 4.79 Å². The van der Waals surface area contributed by atoms with Crippen LogP contribution in [-0.4, -0.2) is 30.8 Å². The van der Waals surface area contributed by atoms with Crippen molar-refractivity contribution in [2.24, 2.45) is 17.8 Å². The molecule has 0 aromatic heterocycles. The van der Waals surface area contributed by atoms with Gasteiger partial charge in [0.2, 0.25) is 0 Å². The van der Waals surface area contributed by atoms with E-state index in [9.17, 15) is 9.59 Å². The van der Waals surface area contributed by atoms with Gasteiger partial charge in [-0.2, -0.15) is 0 Å². The molecule has 18 heavy (non-hydrogen) atoms. The summed E-state index contributed by atoms with van der Waals surface area (Å²) in [6.45, 7) is 5.49. The molecule has 2 fully saturated rings. The molecule has 0 aromatic carbocycles. The van der Waals surface area contributed by atoms with E-state index in [1.807, 2.05) is 20.8 Å². The van der Waals surface area contributed by atoms with Crippen LogP contribution >= 0.6 is 0 Å². The number of amides is 1. The molecule has 0 heterocycles. The summed E-state index contributed by atoms with van der Waals surface area (Å²) in [5.74, 6) is 0.447. The maximum absolute atomic E-state index is 11.6. The van der Waals surface area contributed by atoms with E-state index >= 15 is 0 Å². The number of ether oxygens (including phenoxy) is 2. The topological polar surface area (TPSA) is 64.6 Å². The molecule has 4 atom stereocenters. The Kier molecular flexibility index (Phi) is 3.25. The first kappa shape index (κ1) is 13.2. The van der Waals surface area contributed by atoms with Gasteiger partial charge in [-0.05, 0) is 45.4 Å². The first-order chi connectivity index (χ1) is 8.33. The van der Waals surface area contributed by atoms with Crippen LogP contribution in [0.15, 0.2) is 0 Å². The van der Waals surface area contributed by atoms with Crippen LogP contribution < -0.4 is 5.32 Å². The molecule has 2 aliphatic rings. The van der Waals surface area contributed by atoms with Gasteiger partial charge in [0.15, 0.2) is 0 Å². The quantitative estimate of drug-likeness (QED) is 0.763. The summed E-state index contributed by atoms with van der Waals surface area (Å²) in [6, 6.07) is 0.0812. The maximum atomic E-state index is 11.6. The van der Waals surface area contributed by atoms with Crippen LogP contribution in [0.1, 0.15) is 33.6 Å². The molecule has 2 saturated carbocycles. The molecule has 102 valence electrons. The molecule has 1 unspecified atom stereocenters. The molecular formula is C13H21NO4. The summed E-state index contributed by atoms with van der Waals surface area (Å²) in [5.41, 5.74) is -0.490. The van der Waals surface area contributed by atoms with Crippen molar-refractivity contribution in [3.05, 3.63) is 0 Å². The first-order valence-electron chi connectivity index (χ1n) is 6.41. The molecule has 1 amide bonds. The van der Waals surface area contributed by atoms with Crippen molar-refractivity contribution in [2.45, 2.75) is 45.3 Å². The Morgan fingerprint density at radius 1 is 1.22 bits per heavy atom. The normalized spacial score (nSPS) is 33.6. The van der Waals surface area contributed by atoms with Gasteiger partial charge < -0.3 is 14.8 Å². The average Bonchev–Trinajstić information content (AvgIpc) is 2.73. The number of nitrogens with one attached hydrogen (secondary N) is 1. The maximum Gasteiger partial charge on any atom is 0.407 e. The van der Waals surface area contributed by atoms with Crippen LogP contribution in [0.5, 0.6) is 0 Å². The zero-order valence-corrected chi connectivity index (χ0v) is 11.4. The summed E-state index contributed by atoms with van der Waals surface area (Å²) in [4.78, 5) is 23.2. The minimum Gasteiger partial charge on any atom is -0.469 e. The molecule has 2 rings (SSSR count). The SMILES string of the molecule is COC(=O)C1CC[C@H]2[C@H](NC(=O)OC(C)(C)C)[C@@H]12. The Bertz CT molecular complexity index is 360. The number of carbonyl (C=O) groups excluding carboxylic acids is 2. The number of rotatable bonds is 2. The van der Waals surface area contributed by atoms with E-state index in [-0.39, 0.29) is 23.8 Å². The van der Waals surface area contributed by atoms with Crippen molar-refractivity contribution in [3.63, 3.8) is 0 Å². The molecule has 0 saturated heterocycles. The lowest BCUT2D eigenvalue weighted by Crippen LogP contribution is -2.36. The van der Waals surface area contributed by atoms with E-state index in [0.29, 0.717) is 5.92 Å². The second-order valence-corrected chi connectivity index (χ2v) is 6.12. The van der Waals surface area contributed by atoms with Gasteiger partial charge in [-0.15, -0.1) is 0 Å². The Morgan fingerprint density at radius 3 is 2.44 bits per heavy atom. The first-order valence-corrected chi connectivity index (χ1v) is 6.41. The second kappa shape index (κ2) is 4.44. The minimum atomic E-state index is -0.490. The lowest BCUT2D eigenvalue weighted by atomic mass is 10.0. The molecule has 2 aliphatic carbocycles. The van der Waals surface area contributed by atoms with Gasteiger partial charge in [0, 0.05) is 6.04 Å². The van der Waals surface area contributed by atoms with Crippen LogP contribution in [0.3, 0.4) is 0 Å². The third-order valence-corrected chi connectivity index (χ3v) is 3.69. The largest absolute Gasteiger partial charge is 0.469 e. The number of carbonyl (C=O) groups is 2. The Balaban J connectivity index is 1.84. The third-order valence-electron chi connectivity index (χ3n) is 3.69. The number of hydrogen-bond donors (Lipinski definition) is 1. The standard InChI is InChI=1S/C13H21NO4/c1-13(2,3)18-12(16)14-10-7-5-6-8(9(7)10)11(15)17-4/h7-10H,5-6H2,1-4H3,(H,14,16)/t7-,8?,9-,10+/m1/s1. The number of hydrogen-bond acceptors (Lipinski definition) is 4. The second-order valence-electron chi connectivity index (χ2n) is 6.12. The summed E-state index contributed by atoms with van der Waals surface area (Å²) in [5, 5.41) is 2.85. The lowest BCUT2D eigenvalue weighted by Gasteiger charge is -2.20. The Morgan fingerprint density at radius 2 is 1.89 bits per heavy atom. The zero-order chi connectivity index (χ0) is 13.5. The average molecular weight is 255 g/mol. The highest BCUT2D eigenvalue weighted by Gasteiger charge is 2.61. The summed E-state index contributed by atoms with van der Waals surface area (Å²) in [7, 11) is 1.41. The monoisotopic (exact) mass is 255 g/mol. The summed E-state index contributed by atoms with van der Waals surface area (Å²) >= 11 is 0. The van der Waals surface area contributed by atoms with Crippen LogP contribution in [0.25, 0.3) is 0 Å². The number of esters is 1. The highest BCUT2D eigenvalue weighted by atomic mass is 16.6. The van der Waals surface area contributed by atoms with Crippen molar-refractivity contribution in [1.29, 1.82) is 0 Å². The van der Waals surface area contributed by atoms with Crippen LogP contribution in [0.2, 0.25) is 0 Å². The lowest BCUT2D eigenvalue weighted by molar-refractivity contribution is -0.146. The molecule has 0 radical (unpaired) electrons. The van der Waals surface area contributed by atoms with Crippen molar-refractivity contribution in [3.8, 4) is 0 Å². The highest BCUT2D eigenvalue weighted by molar-refractivity contribution is 5.75. The molecule has 5 nitrogen and oxygen atoms in total. The predicted octanol–water partition coefficient (Wildman–Crippen LogP) is 1.71. The highest BCUT2D eigenvalue weighted by Crippen LogP contribution is 2.55. The number of methoxy groups -OCH3 is 1. The molecule has 0 aromatic rings. The van der Waals surface area contributed by atoms with Crippen molar-refractivity contribution in [2.75, 3.05) is 7.11 Å². The Labute approximate surface area is 107 Å². The van der Waals surface area contributed by atoms with Crippen molar-refractivity contribution < 1.29 is 19.1 Å². The molecule has 0 spiro atoms. The van der Waals surface area contributed by atoms with Crippen molar-refractivity contribution in [1.82, 2.24) is 5.32 Å². The molecular weight excluding hydrogens is 234 g/mol.